The van der Waals surface area contributed by atoms with Crippen LogP contribution in [0.1, 0.15) is 6.42 Å². The van der Waals surface area contributed by atoms with Gasteiger partial charge in [-0.2, -0.15) is 0 Å². The number of carboxylic acid groups (broad SMARTS) is 1. The van der Waals surface area contributed by atoms with E-state index < -0.39 is 5.97 Å². The Morgan fingerprint density at radius 3 is 2.71 bits per heavy atom. The standard InChI is InChI=1S/C17H17N3O3S/c1-20(8-7-14(21)22)16-15-13(9-24-17(15)19-10-18-16)11-3-5-12(23-2)6-4-11/h3-6,9-10H,7-8H2,1-2H3,(H,21,22). The molecule has 2 heterocycles. The summed E-state index contributed by atoms with van der Waals surface area (Å²) in [5.41, 5.74) is 2.08. The zero-order valence-corrected chi connectivity index (χ0v) is 14.2. The van der Waals surface area contributed by atoms with Gasteiger partial charge in [0.2, 0.25) is 0 Å². The summed E-state index contributed by atoms with van der Waals surface area (Å²) in [5.74, 6) is 0.717. The molecule has 0 aliphatic heterocycles. The minimum atomic E-state index is -0.826. The van der Waals surface area contributed by atoms with E-state index in [0.29, 0.717) is 6.54 Å². The van der Waals surface area contributed by atoms with E-state index in [2.05, 4.69) is 15.3 Å². The highest BCUT2D eigenvalue weighted by Gasteiger charge is 2.16. The Hall–Kier alpha value is -2.67. The number of methoxy groups -OCH3 is 1. The van der Waals surface area contributed by atoms with Gasteiger partial charge in [0.15, 0.2) is 0 Å². The van der Waals surface area contributed by atoms with E-state index in [1.165, 1.54) is 6.33 Å². The normalized spacial score (nSPS) is 10.8. The molecular weight excluding hydrogens is 326 g/mol. The highest BCUT2D eigenvalue weighted by Crippen LogP contribution is 2.37. The second-order valence-corrected chi connectivity index (χ2v) is 6.18. The third kappa shape index (κ3) is 3.16. The van der Waals surface area contributed by atoms with Crippen molar-refractivity contribution in [1.82, 2.24) is 9.97 Å². The number of anilines is 1. The van der Waals surface area contributed by atoms with Crippen molar-refractivity contribution in [1.29, 1.82) is 0 Å². The van der Waals surface area contributed by atoms with Crippen LogP contribution in [-0.2, 0) is 4.79 Å². The molecule has 0 saturated heterocycles. The van der Waals surface area contributed by atoms with Gasteiger partial charge in [0, 0.05) is 24.5 Å². The topological polar surface area (TPSA) is 75.6 Å². The summed E-state index contributed by atoms with van der Waals surface area (Å²) in [4.78, 5) is 22.3. The Kier molecular flexibility index (Phi) is 4.61. The van der Waals surface area contributed by atoms with Crippen LogP contribution in [0.25, 0.3) is 21.3 Å². The van der Waals surface area contributed by atoms with Crippen LogP contribution in [-0.4, -0.2) is 41.7 Å². The lowest BCUT2D eigenvalue weighted by Crippen LogP contribution is -2.22. The third-order valence-electron chi connectivity index (χ3n) is 3.77. The molecule has 2 aromatic heterocycles. The van der Waals surface area contributed by atoms with Crippen LogP contribution in [0.2, 0.25) is 0 Å². The van der Waals surface area contributed by atoms with Crippen LogP contribution < -0.4 is 9.64 Å². The summed E-state index contributed by atoms with van der Waals surface area (Å²) < 4.78 is 5.20. The van der Waals surface area contributed by atoms with Crippen molar-refractivity contribution in [2.24, 2.45) is 0 Å². The fourth-order valence-corrected chi connectivity index (χ4v) is 3.41. The monoisotopic (exact) mass is 343 g/mol. The molecule has 3 rings (SSSR count). The molecule has 7 heteroatoms. The lowest BCUT2D eigenvalue weighted by Gasteiger charge is -2.18. The third-order valence-corrected chi connectivity index (χ3v) is 4.66. The molecule has 0 bridgehead atoms. The minimum Gasteiger partial charge on any atom is -0.497 e. The van der Waals surface area contributed by atoms with Crippen molar-refractivity contribution in [3.05, 3.63) is 36.0 Å². The number of carboxylic acids is 1. The van der Waals surface area contributed by atoms with Gasteiger partial charge in [-0.3, -0.25) is 4.79 Å². The molecule has 0 radical (unpaired) electrons. The molecule has 124 valence electrons. The maximum Gasteiger partial charge on any atom is 0.305 e. The first-order valence-corrected chi connectivity index (χ1v) is 8.27. The number of aliphatic carboxylic acids is 1. The second-order valence-electron chi connectivity index (χ2n) is 5.32. The summed E-state index contributed by atoms with van der Waals surface area (Å²) in [5, 5.41) is 11.9. The Bertz CT molecular complexity index is 861. The van der Waals surface area contributed by atoms with Crippen LogP contribution in [0.4, 0.5) is 5.82 Å². The van der Waals surface area contributed by atoms with E-state index >= 15 is 0 Å². The average Bonchev–Trinajstić information content (AvgIpc) is 3.03. The predicted molar refractivity (Wildman–Crippen MR) is 94.9 cm³/mol. The maximum atomic E-state index is 10.8. The van der Waals surface area contributed by atoms with Crippen LogP contribution >= 0.6 is 11.3 Å². The number of hydrogen-bond donors (Lipinski definition) is 1. The first-order chi connectivity index (χ1) is 11.6. The number of aromatic nitrogens is 2. The van der Waals surface area contributed by atoms with Gasteiger partial charge in [0.25, 0.3) is 0 Å². The molecule has 0 fully saturated rings. The van der Waals surface area contributed by atoms with E-state index in [-0.39, 0.29) is 6.42 Å². The predicted octanol–water partition coefficient (Wildman–Crippen LogP) is 3.28. The quantitative estimate of drug-likeness (QED) is 0.740. The number of nitrogens with zero attached hydrogens (tertiary/aromatic N) is 3. The molecule has 0 amide bonds. The van der Waals surface area contributed by atoms with Crippen LogP contribution in [0.15, 0.2) is 36.0 Å². The average molecular weight is 343 g/mol. The van der Waals surface area contributed by atoms with Gasteiger partial charge < -0.3 is 14.7 Å². The first kappa shape index (κ1) is 16.2. The van der Waals surface area contributed by atoms with Crippen molar-refractivity contribution in [3.63, 3.8) is 0 Å². The molecule has 0 spiro atoms. The number of thiophene rings is 1. The Labute approximate surface area is 143 Å². The lowest BCUT2D eigenvalue weighted by atomic mass is 10.1. The van der Waals surface area contributed by atoms with Gasteiger partial charge in [-0.05, 0) is 17.7 Å². The molecule has 3 aromatic rings. The van der Waals surface area contributed by atoms with Gasteiger partial charge in [0.05, 0.1) is 18.9 Å². The van der Waals surface area contributed by atoms with E-state index in [1.807, 2.05) is 36.2 Å². The zero-order chi connectivity index (χ0) is 17.1. The Morgan fingerprint density at radius 2 is 2.04 bits per heavy atom. The Morgan fingerprint density at radius 1 is 1.29 bits per heavy atom. The maximum absolute atomic E-state index is 10.8. The van der Waals surface area contributed by atoms with E-state index in [9.17, 15) is 4.79 Å². The zero-order valence-electron chi connectivity index (χ0n) is 13.4. The molecule has 1 aromatic carbocycles. The van der Waals surface area contributed by atoms with E-state index in [1.54, 1.807) is 18.4 Å². The minimum absolute atomic E-state index is 0.0595. The van der Waals surface area contributed by atoms with E-state index in [4.69, 9.17) is 9.84 Å². The van der Waals surface area contributed by atoms with Crippen LogP contribution in [0.3, 0.4) is 0 Å². The van der Waals surface area contributed by atoms with E-state index in [0.717, 1.165) is 32.9 Å². The molecule has 0 aliphatic rings. The molecule has 6 nitrogen and oxygen atoms in total. The van der Waals surface area contributed by atoms with Crippen molar-refractivity contribution in [2.75, 3.05) is 25.6 Å². The number of carbonyl (C=O) groups is 1. The molecule has 0 atom stereocenters. The molecule has 0 unspecified atom stereocenters. The lowest BCUT2D eigenvalue weighted by molar-refractivity contribution is -0.136. The summed E-state index contributed by atoms with van der Waals surface area (Å²) in [6, 6.07) is 7.82. The van der Waals surface area contributed by atoms with Crippen LogP contribution in [0.5, 0.6) is 5.75 Å². The smallest absolute Gasteiger partial charge is 0.305 e. The van der Waals surface area contributed by atoms with Gasteiger partial charge in [0.1, 0.15) is 22.7 Å². The molecule has 0 saturated carbocycles. The summed E-state index contributed by atoms with van der Waals surface area (Å²) >= 11 is 1.55. The number of ether oxygens (including phenoxy) is 1. The molecule has 24 heavy (non-hydrogen) atoms. The number of benzene rings is 1. The Balaban J connectivity index is 2.04. The number of rotatable bonds is 6. The summed E-state index contributed by atoms with van der Waals surface area (Å²) in [7, 11) is 3.48. The van der Waals surface area contributed by atoms with Gasteiger partial charge in [-0.1, -0.05) is 12.1 Å². The largest absolute Gasteiger partial charge is 0.497 e. The molecule has 0 aliphatic carbocycles. The molecule has 1 N–H and O–H groups in total. The second kappa shape index (κ2) is 6.84. The fourth-order valence-electron chi connectivity index (χ4n) is 2.50. The summed E-state index contributed by atoms with van der Waals surface area (Å²) in [6.07, 6.45) is 1.58. The highest BCUT2D eigenvalue weighted by molar-refractivity contribution is 7.17. The molecular formula is C17H17N3O3S. The van der Waals surface area contributed by atoms with Crippen molar-refractivity contribution >= 4 is 33.3 Å². The van der Waals surface area contributed by atoms with Gasteiger partial charge in [-0.15, -0.1) is 11.3 Å². The van der Waals surface area contributed by atoms with Gasteiger partial charge >= 0.3 is 5.97 Å². The number of hydrogen-bond acceptors (Lipinski definition) is 6. The van der Waals surface area contributed by atoms with Gasteiger partial charge in [-0.25, -0.2) is 9.97 Å². The highest BCUT2D eigenvalue weighted by atomic mass is 32.1. The van der Waals surface area contributed by atoms with Crippen molar-refractivity contribution in [2.45, 2.75) is 6.42 Å². The van der Waals surface area contributed by atoms with Crippen molar-refractivity contribution in [3.8, 4) is 16.9 Å². The first-order valence-electron chi connectivity index (χ1n) is 7.39. The van der Waals surface area contributed by atoms with Crippen molar-refractivity contribution < 1.29 is 14.6 Å². The fraction of sp³-hybridized carbons (Fsp3) is 0.235. The summed E-state index contributed by atoms with van der Waals surface area (Å²) in [6.45, 7) is 0.388. The SMILES string of the molecule is COc1ccc(-c2csc3ncnc(N(C)CCC(=O)O)c23)cc1. The van der Waals surface area contributed by atoms with Crippen LogP contribution in [0, 0.1) is 0 Å². The number of fused-ring (bicyclic) bond motifs is 1.